The molecule has 0 bridgehead atoms. The molecule has 1 unspecified atom stereocenters. The van der Waals surface area contributed by atoms with E-state index >= 15 is 0 Å². The number of carboxylic acid groups (broad SMARTS) is 1. The number of phosphoric acid groups is 1. The molecule has 0 spiro atoms. The van der Waals surface area contributed by atoms with Crippen LogP contribution in [-0.2, 0) is 40.9 Å². The van der Waals surface area contributed by atoms with E-state index in [0.717, 1.165) is 20.9 Å². The van der Waals surface area contributed by atoms with Gasteiger partial charge in [-0.2, -0.15) is 0 Å². The topological polar surface area (TPSA) is 123 Å². The summed E-state index contributed by atoms with van der Waals surface area (Å²) in [4.78, 5) is 24.4. The van der Waals surface area contributed by atoms with Crippen molar-refractivity contribution < 1.29 is 32.8 Å². The fourth-order valence-electron chi connectivity index (χ4n) is 2.18. The summed E-state index contributed by atoms with van der Waals surface area (Å²) < 4.78 is 27.9. The third-order valence-corrected chi connectivity index (χ3v) is 9.83. The van der Waals surface area contributed by atoms with Crippen molar-refractivity contribution in [2.75, 3.05) is 37.7 Å². The summed E-state index contributed by atoms with van der Waals surface area (Å²) in [6.07, 6.45) is 0. The summed E-state index contributed by atoms with van der Waals surface area (Å²) in [5.41, 5.74) is 1.53. The summed E-state index contributed by atoms with van der Waals surface area (Å²) >= 11 is 5.49. The van der Waals surface area contributed by atoms with E-state index < -0.39 is 13.8 Å². The van der Waals surface area contributed by atoms with Gasteiger partial charge in [-0.15, -0.1) is 0 Å². The molecule has 0 aromatic heterocycles. The average molecular weight is 549 g/mol. The van der Waals surface area contributed by atoms with Crippen molar-refractivity contribution in [3.63, 3.8) is 0 Å². The molecular formula is C16H22ClN2O7PS4. The second kappa shape index (κ2) is 14.2. The Morgan fingerprint density at radius 1 is 1.13 bits per heavy atom. The van der Waals surface area contributed by atoms with Gasteiger partial charge in [-0.1, -0.05) is 54.8 Å². The maximum Gasteiger partial charge on any atom is 0.476 e. The Bertz CT molecular complexity index is 820. The zero-order chi connectivity index (χ0) is 22.7. The number of halogens is 1. The molecule has 1 aromatic rings. The first-order valence-corrected chi connectivity index (χ1v) is 15.5. The fraction of sp³-hybridized carbons (Fsp3) is 0.500. The maximum atomic E-state index is 12.4. The van der Waals surface area contributed by atoms with Gasteiger partial charge in [0.25, 0.3) is 0 Å². The lowest BCUT2D eigenvalue weighted by Gasteiger charge is -2.12. The van der Waals surface area contributed by atoms with Crippen LogP contribution in [0.25, 0.3) is 0 Å². The Balaban J connectivity index is 2.09. The summed E-state index contributed by atoms with van der Waals surface area (Å²) in [6, 6.07) is 3.40. The quantitative estimate of drug-likeness (QED) is 0.143. The van der Waals surface area contributed by atoms with E-state index in [9.17, 15) is 14.2 Å². The van der Waals surface area contributed by atoms with Crippen molar-refractivity contribution >= 4 is 74.5 Å². The van der Waals surface area contributed by atoms with Crippen LogP contribution in [0, 0.1) is 0 Å². The molecule has 9 nitrogen and oxygen atoms in total. The smallest absolute Gasteiger partial charge is 0.476 e. The molecule has 1 aromatic carbocycles. The molecular weight excluding hydrogens is 527 g/mol. The molecule has 0 saturated heterocycles. The molecule has 0 aliphatic carbocycles. The molecule has 1 heterocycles. The van der Waals surface area contributed by atoms with Gasteiger partial charge >= 0.3 is 13.8 Å². The van der Waals surface area contributed by atoms with Crippen molar-refractivity contribution in [1.82, 2.24) is 10.6 Å². The number of likely N-dealkylation sites (N-methyl/N-ethyl adjacent to an activating group) is 1. The van der Waals surface area contributed by atoms with E-state index in [1.54, 1.807) is 0 Å². The van der Waals surface area contributed by atoms with Gasteiger partial charge < -0.3 is 15.7 Å². The number of rotatable bonds is 13. The molecule has 0 fully saturated rings. The normalized spacial score (nSPS) is 18.3. The molecule has 1 aliphatic heterocycles. The predicted octanol–water partition coefficient (Wildman–Crippen LogP) is 3.96. The first kappa shape index (κ1) is 27.2. The lowest BCUT2D eigenvalue weighted by Crippen LogP contribution is -2.31. The number of hydrogen-bond donors (Lipinski definition) is 3. The van der Waals surface area contributed by atoms with Crippen molar-refractivity contribution in [1.29, 1.82) is 0 Å². The Kier molecular flexibility index (Phi) is 12.5. The van der Waals surface area contributed by atoms with Gasteiger partial charge in [0.1, 0.15) is 11.8 Å². The van der Waals surface area contributed by atoms with E-state index in [-0.39, 0.29) is 36.7 Å². The first-order valence-electron chi connectivity index (χ1n) is 8.84. The number of hydrogen-bond acceptors (Lipinski definition) is 11. The maximum absolute atomic E-state index is 12.4. The molecule has 0 saturated carbocycles. The number of amides is 1. The second-order valence-electron chi connectivity index (χ2n) is 5.84. The highest BCUT2D eigenvalue weighted by Gasteiger charge is 2.30. The number of carbonyl (C=O) groups is 2. The Hall–Kier alpha value is -0.0800. The van der Waals surface area contributed by atoms with Crippen LogP contribution in [0.2, 0.25) is 0 Å². The van der Waals surface area contributed by atoms with Crippen LogP contribution in [0.5, 0.6) is 0 Å². The molecule has 174 valence electrons. The SMILES string of the molecule is CNCCNC(=O)CSSc1cc2c(cc1SSCC(=O)O)COP(=O)(OCCl)OC2. The molecule has 1 atom stereocenters. The Morgan fingerprint density at radius 2 is 1.71 bits per heavy atom. The highest BCUT2D eigenvalue weighted by atomic mass is 35.5. The first-order chi connectivity index (χ1) is 14.9. The molecule has 0 radical (unpaired) electrons. The van der Waals surface area contributed by atoms with Gasteiger partial charge in [0.15, 0.2) is 0 Å². The van der Waals surface area contributed by atoms with Crippen LogP contribution < -0.4 is 10.6 Å². The average Bonchev–Trinajstić information content (AvgIpc) is 2.87. The summed E-state index contributed by atoms with van der Waals surface area (Å²) in [7, 11) is 3.34. The molecule has 1 aliphatic rings. The molecule has 15 heteroatoms. The van der Waals surface area contributed by atoms with Crippen LogP contribution in [-0.4, -0.2) is 54.7 Å². The third kappa shape index (κ3) is 9.75. The summed E-state index contributed by atoms with van der Waals surface area (Å²) in [6.45, 7) is 1.26. The predicted molar refractivity (Wildman–Crippen MR) is 127 cm³/mol. The van der Waals surface area contributed by atoms with E-state index in [1.807, 2.05) is 19.2 Å². The van der Waals surface area contributed by atoms with Crippen molar-refractivity contribution in [2.24, 2.45) is 0 Å². The Labute approximate surface area is 201 Å². The standard InChI is InChI=1S/C16H22ClN2O7PS4/c1-18-2-3-19-15(20)8-28-30-13-4-11-6-24-27(23,26-10-17)25-7-12(11)5-14(13)31-29-9-16(21)22/h4-5,18H,2-3,6-10H2,1H3,(H,19,20)(H,21,22). The highest BCUT2D eigenvalue weighted by molar-refractivity contribution is 8.78. The highest BCUT2D eigenvalue weighted by Crippen LogP contribution is 2.54. The van der Waals surface area contributed by atoms with E-state index in [4.69, 9.17) is 30.3 Å². The van der Waals surface area contributed by atoms with Crippen molar-refractivity contribution in [3.8, 4) is 0 Å². The molecule has 1 amide bonds. The van der Waals surface area contributed by atoms with Crippen LogP contribution in [0.15, 0.2) is 21.9 Å². The van der Waals surface area contributed by atoms with E-state index in [0.29, 0.717) is 13.1 Å². The van der Waals surface area contributed by atoms with Gasteiger partial charge in [0, 0.05) is 22.9 Å². The molecule has 2 rings (SSSR count). The number of carboxylic acids is 1. The Morgan fingerprint density at radius 3 is 2.23 bits per heavy atom. The summed E-state index contributed by atoms with van der Waals surface area (Å²) in [5, 5.41) is 14.7. The van der Waals surface area contributed by atoms with Crippen LogP contribution >= 0.6 is 62.6 Å². The number of alkyl halides is 1. The van der Waals surface area contributed by atoms with E-state index in [1.165, 1.54) is 43.2 Å². The number of aliphatic carboxylic acids is 1. The number of benzene rings is 1. The lowest BCUT2D eigenvalue weighted by atomic mass is 10.1. The summed E-state index contributed by atoms with van der Waals surface area (Å²) in [5.74, 6) is -0.792. The largest absolute Gasteiger partial charge is 0.481 e. The number of carbonyl (C=O) groups excluding carboxylic acids is 1. The van der Waals surface area contributed by atoms with Crippen LogP contribution in [0.1, 0.15) is 11.1 Å². The van der Waals surface area contributed by atoms with Gasteiger partial charge in [-0.3, -0.25) is 23.2 Å². The monoisotopic (exact) mass is 548 g/mol. The van der Waals surface area contributed by atoms with E-state index in [2.05, 4.69) is 10.6 Å². The number of nitrogens with one attached hydrogen (secondary N) is 2. The van der Waals surface area contributed by atoms with Crippen LogP contribution in [0.4, 0.5) is 0 Å². The third-order valence-electron chi connectivity index (χ3n) is 3.60. The van der Waals surface area contributed by atoms with Gasteiger partial charge in [0.05, 0.1) is 19.0 Å². The number of phosphoric ester groups is 1. The van der Waals surface area contributed by atoms with Gasteiger partial charge in [-0.05, 0) is 30.3 Å². The minimum atomic E-state index is -3.74. The fourth-order valence-corrected chi connectivity index (χ4v) is 7.95. The minimum absolute atomic E-state index is 0.00656. The van der Waals surface area contributed by atoms with Crippen LogP contribution in [0.3, 0.4) is 0 Å². The van der Waals surface area contributed by atoms with Crippen molar-refractivity contribution in [3.05, 3.63) is 23.3 Å². The zero-order valence-corrected chi connectivity index (χ0v) is 21.4. The number of fused-ring (bicyclic) bond motifs is 1. The molecule has 31 heavy (non-hydrogen) atoms. The molecule has 3 N–H and O–H groups in total. The zero-order valence-electron chi connectivity index (χ0n) is 16.5. The lowest BCUT2D eigenvalue weighted by molar-refractivity contribution is -0.133. The minimum Gasteiger partial charge on any atom is -0.481 e. The van der Waals surface area contributed by atoms with Crippen molar-refractivity contribution in [2.45, 2.75) is 23.0 Å². The van der Waals surface area contributed by atoms with Gasteiger partial charge in [-0.25, -0.2) is 4.57 Å². The van der Waals surface area contributed by atoms with Gasteiger partial charge in [0.2, 0.25) is 5.91 Å². The second-order valence-corrected chi connectivity index (χ2v) is 12.4.